The summed E-state index contributed by atoms with van der Waals surface area (Å²) in [5.41, 5.74) is 4.11. The Morgan fingerprint density at radius 2 is 2.00 bits per heavy atom. The molecule has 1 saturated heterocycles. The number of carbonyl (C=O) groups is 2. The molecule has 0 saturated carbocycles. The molecular weight excluding hydrogens is 302 g/mol. The van der Waals surface area contributed by atoms with Gasteiger partial charge in [-0.25, -0.2) is 0 Å². The highest BCUT2D eigenvalue weighted by Gasteiger charge is 2.35. The van der Waals surface area contributed by atoms with Crippen LogP contribution in [0.4, 0.5) is 5.69 Å². The second-order valence-corrected chi connectivity index (χ2v) is 6.27. The molecule has 5 nitrogen and oxygen atoms in total. The molecular formula is C19H21N3O2. The van der Waals surface area contributed by atoms with Crippen molar-refractivity contribution in [3.8, 4) is 0 Å². The van der Waals surface area contributed by atoms with Gasteiger partial charge in [0.05, 0.1) is 5.92 Å². The van der Waals surface area contributed by atoms with E-state index in [1.165, 1.54) is 0 Å². The Morgan fingerprint density at radius 1 is 1.25 bits per heavy atom. The predicted molar refractivity (Wildman–Crippen MR) is 92.5 cm³/mol. The maximum Gasteiger partial charge on any atom is 0.227 e. The van der Waals surface area contributed by atoms with Crippen molar-refractivity contribution in [1.29, 1.82) is 0 Å². The molecule has 1 aromatic heterocycles. The van der Waals surface area contributed by atoms with Crippen molar-refractivity contribution in [3.05, 3.63) is 59.4 Å². The first-order valence-electron chi connectivity index (χ1n) is 8.09. The van der Waals surface area contributed by atoms with Gasteiger partial charge < -0.3 is 10.2 Å². The lowest BCUT2D eigenvalue weighted by Crippen LogP contribution is -2.32. The van der Waals surface area contributed by atoms with Crippen molar-refractivity contribution in [2.75, 3.05) is 11.4 Å². The fourth-order valence-corrected chi connectivity index (χ4v) is 3.06. The Kier molecular flexibility index (Phi) is 4.60. The number of hydrogen-bond donors (Lipinski definition) is 1. The van der Waals surface area contributed by atoms with Crippen LogP contribution in [-0.4, -0.2) is 23.3 Å². The zero-order chi connectivity index (χ0) is 17.1. The van der Waals surface area contributed by atoms with Crippen LogP contribution in [0.25, 0.3) is 0 Å². The summed E-state index contributed by atoms with van der Waals surface area (Å²) in [7, 11) is 0. The fraction of sp³-hybridized carbons (Fsp3) is 0.316. The van der Waals surface area contributed by atoms with E-state index in [4.69, 9.17) is 0 Å². The lowest BCUT2D eigenvalue weighted by atomic mass is 10.1. The zero-order valence-corrected chi connectivity index (χ0v) is 14.0. The van der Waals surface area contributed by atoms with Crippen LogP contribution in [0, 0.1) is 19.8 Å². The summed E-state index contributed by atoms with van der Waals surface area (Å²) in [6.07, 6.45) is 3.65. The van der Waals surface area contributed by atoms with E-state index in [0.29, 0.717) is 13.1 Å². The Morgan fingerprint density at radius 3 is 2.71 bits per heavy atom. The molecule has 0 bridgehead atoms. The quantitative estimate of drug-likeness (QED) is 0.939. The van der Waals surface area contributed by atoms with Crippen molar-refractivity contribution < 1.29 is 9.59 Å². The molecule has 2 heterocycles. The number of rotatable bonds is 4. The Balaban J connectivity index is 1.64. The Bertz CT molecular complexity index is 758. The molecule has 1 N–H and O–H groups in total. The molecule has 2 aromatic rings. The fourth-order valence-electron chi connectivity index (χ4n) is 3.06. The van der Waals surface area contributed by atoms with E-state index in [-0.39, 0.29) is 24.2 Å². The topological polar surface area (TPSA) is 62.3 Å². The third-order valence-electron chi connectivity index (χ3n) is 4.36. The summed E-state index contributed by atoms with van der Waals surface area (Å²) in [5.74, 6) is -0.376. The van der Waals surface area contributed by atoms with Gasteiger partial charge in [0, 0.05) is 37.6 Å². The predicted octanol–water partition coefficient (Wildman–Crippen LogP) is 2.37. The van der Waals surface area contributed by atoms with Crippen LogP contribution in [0.3, 0.4) is 0 Å². The molecule has 1 aliphatic heterocycles. The van der Waals surface area contributed by atoms with Crippen molar-refractivity contribution in [2.24, 2.45) is 5.92 Å². The van der Waals surface area contributed by atoms with Gasteiger partial charge in [0.2, 0.25) is 11.8 Å². The van der Waals surface area contributed by atoms with Crippen LogP contribution < -0.4 is 10.2 Å². The number of hydrogen-bond acceptors (Lipinski definition) is 3. The van der Waals surface area contributed by atoms with Gasteiger partial charge in [-0.1, -0.05) is 17.7 Å². The molecule has 0 aliphatic carbocycles. The highest BCUT2D eigenvalue weighted by atomic mass is 16.2. The number of benzene rings is 1. The highest BCUT2D eigenvalue weighted by Crippen LogP contribution is 2.28. The van der Waals surface area contributed by atoms with Gasteiger partial charge >= 0.3 is 0 Å². The summed E-state index contributed by atoms with van der Waals surface area (Å²) < 4.78 is 0. The van der Waals surface area contributed by atoms with Crippen molar-refractivity contribution in [3.63, 3.8) is 0 Å². The first-order chi connectivity index (χ1) is 11.5. The van der Waals surface area contributed by atoms with Gasteiger partial charge in [-0.15, -0.1) is 0 Å². The molecule has 1 unspecified atom stereocenters. The normalized spacial score (nSPS) is 17.2. The van der Waals surface area contributed by atoms with Crippen LogP contribution in [0.15, 0.2) is 42.7 Å². The molecule has 0 spiro atoms. The second-order valence-electron chi connectivity index (χ2n) is 6.27. The van der Waals surface area contributed by atoms with Crippen LogP contribution in [0.2, 0.25) is 0 Å². The first kappa shape index (κ1) is 16.2. The van der Waals surface area contributed by atoms with E-state index in [9.17, 15) is 9.59 Å². The van der Waals surface area contributed by atoms with E-state index < -0.39 is 0 Å². The van der Waals surface area contributed by atoms with E-state index >= 15 is 0 Å². The number of pyridine rings is 1. The summed E-state index contributed by atoms with van der Waals surface area (Å²) in [6, 6.07) is 9.73. The molecule has 24 heavy (non-hydrogen) atoms. The van der Waals surface area contributed by atoms with Gasteiger partial charge in [-0.2, -0.15) is 0 Å². The van der Waals surface area contributed by atoms with Gasteiger partial charge in [-0.3, -0.25) is 14.6 Å². The van der Waals surface area contributed by atoms with E-state index in [1.807, 2.05) is 38.1 Å². The van der Waals surface area contributed by atoms with Crippen molar-refractivity contribution in [2.45, 2.75) is 26.8 Å². The minimum Gasteiger partial charge on any atom is -0.352 e. The number of nitrogens with zero attached hydrogens (tertiary/aromatic N) is 2. The molecule has 124 valence electrons. The van der Waals surface area contributed by atoms with Crippen LogP contribution in [0.5, 0.6) is 0 Å². The standard InChI is InChI=1S/C19H21N3O2/c1-13-3-4-17(14(2)9-13)22-12-16(10-18(22)23)19(24)21-11-15-5-7-20-8-6-15/h3-9,16H,10-12H2,1-2H3,(H,21,24). The van der Waals surface area contributed by atoms with Gasteiger partial charge in [0.25, 0.3) is 0 Å². The smallest absolute Gasteiger partial charge is 0.227 e. The molecule has 5 heteroatoms. The Labute approximate surface area is 141 Å². The Hall–Kier alpha value is -2.69. The summed E-state index contributed by atoms with van der Waals surface area (Å²) >= 11 is 0. The highest BCUT2D eigenvalue weighted by molar-refractivity contribution is 6.00. The van der Waals surface area contributed by atoms with Gasteiger partial charge in [-0.05, 0) is 43.2 Å². The first-order valence-corrected chi connectivity index (χ1v) is 8.09. The average molecular weight is 323 g/mol. The molecule has 2 amide bonds. The van der Waals surface area contributed by atoms with Crippen LogP contribution in [-0.2, 0) is 16.1 Å². The largest absolute Gasteiger partial charge is 0.352 e. The molecule has 1 atom stereocenters. The summed E-state index contributed by atoms with van der Waals surface area (Å²) in [6.45, 7) is 4.91. The number of nitrogens with one attached hydrogen (secondary N) is 1. The number of carbonyl (C=O) groups excluding carboxylic acids is 2. The van der Waals surface area contributed by atoms with Gasteiger partial charge in [0.1, 0.15) is 0 Å². The maximum atomic E-state index is 12.4. The third-order valence-corrected chi connectivity index (χ3v) is 4.36. The minimum absolute atomic E-state index is 0.00557. The average Bonchev–Trinajstić information content (AvgIpc) is 2.95. The van der Waals surface area contributed by atoms with Crippen LogP contribution in [0.1, 0.15) is 23.1 Å². The van der Waals surface area contributed by atoms with Crippen molar-refractivity contribution >= 4 is 17.5 Å². The maximum absolute atomic E-state index is 12.4. The molecule has 3 rings (SSSR count). The molecule has 1 aliphatic rings. The molecule has 0 radical (unpaired) electrons. The van der Waals surface area contributed by atoms with Gasteiger partial charge in [0.15, 0.2) is 0 Å². The number of anilines is 1. The van der Waals surface area contributed by atoms with E-state index in [2.05, 4.69) is 16.4 Å². The SMILES string of the molecule is Cc1ccc(N2CC(C(=O)NCc3ccncc3)CC2=O)c(C)c1. The molecule has 1 aromatic carbocycles. The number of aryl methyl sites for hydroxylation is 2. The van der Waals surface area contributed by atoms with E-state index in [1.54, 1.807) is 17.3 Å². The summed E-state index contributed by atoms with van der Waals surface area (Å²) in [5, 5.41) is 2.91. The number of aromatic nitrogens is 1. The second kappa shape index (κ2) is 6.83. The summed E-state index contributed by atoms with van der Waals surface area (Å²) in [4.78, 5) is 30.4. The van der Waals surface area contributed by atoms with E-state index in [0.717, 1.165) is 22.4 Å². The zero-order valence-electron chi connectivity index (χ0n) is 14.0. The lowest BCUT2D eigenvalue weighted by Gasteiger charge is -2.19. The molecule has 1 fully saturated rings. The third kappa shape index (κ3) is 3.45. The minimum atomic E-state index is -0.306. The lowest BCUT2D eigenvalue weighted by molar-refractivity contribution is -0.126. The van der Waals surface area contributed by atoms with Crippen molar-refractivity contribution in [1.82, 2.24) is 10.3 Å². The monoisotopic (exact) mass is 323 g/mol. The number of amides is 2. The van der Waals surface area contributed by atoms with Crippen LogP contribution >= 0.6 is 0 Å².